The Kier molecular flexibility index (Phi) is 2.92. The number of halogens is 1. The standard InChI is InChI=1S/C8H12ClN3O3/c1-15-12-7(8(13)14)4-2-6(9)10-3-5(4)11-12/h4-5,7,11H,2-3H2,1H3,(H,13,14). The van der Waals surface area contributed by atoms with E-state index in [1.165, 1.54) is 12.3 Å². The smallest absolute Gasteiger partial charge is 0.325 e. The normalized spacial score (nSPS) is 36.1. The van der Waals surface area contributed by atoms with Crippen LogP contribution in [0.25, 0.3) is 0 Å². The van der Waals surface area contributed by atoms with Gasteiger partial charge in [0.1, 0.15) is 5.17 Å². The van der Waals surface area contributed by atoms with Crippen molar-refractivity contribution in [3.8, 4) is 0 Å². The van der Waals surface area contributed by atoms with Crippen molar-refractivity contribution in [3.63, 3.8) is 0 Å². The summed E-state index contributed by atoms with van der Waals surface area (Å²) in [6.45, 7) is 0.493. The van der Waals surface area contributed by atoms with Gasteiger partial charge in [-0.3, -0.25) is 14.6 Å². The highest BCUT2D eigenvalue weighted by molar-refractivity contribution is 6.65. The molecule has 84 valence electrons. The topological polar surface area (TPSA) is 74.2 Å². The molecule has 3 unspecified atom stereocenters. The molecular formula is C8H12ClN3O3. The number of carboxylic acids is 1. The van der Waals surface area contributed by atoms with E-state index in [-0.39, 0.29) is 12.0 Å². The fraction of sp³-hybridized carbons (Fsp3) is 0.750. The van der Waals surface area contributed by atoms with E-state index in [1.54, 1.807) is 0 Å². The molecule has 0 saturated carbocycles. The SMILES string of the molecule is CON1NC2CN=C(Cl)CC2C1C(=O)O. The number of hydrazine groups is 1. The molecule has 0 aromatic rings. The highest BCUT2D eigenvalue weighted by Crippen LogP contribution is 2.30. The first-order chi connectivity index (χ1) is 7.13. The Morgan fingerprint density at radius 2 is 2.53 bits per heavy atom. The monoisotopic (exact) mass is 233 g/mol. The van der Waals surface area contributed by atoms with Gasteiger partial charge in [0.15, 0.2) is 6.04 Å². The second kappa shape index (κ2) is 4.05. The molecule has 0 aromatic carbocycles. The molecule has 6 nitrogen and oxygen atoms in total. The molecule has 1 fully saturated rings. The van der Waals surface area contributed by atoms with E-state index >= 15 is 0 Å². The van der Waals surface area contributed by atoms with Crippen LogP contribution in [-0.2, 0) is 9.63 Å². The van der Waals surface area contributed by atoms with Crippen molar-refractivity contribution >= 4 is 22.7 Å². The van der Waals surface area contributed by atoms with Crippen LogP contribution in [0.2, 0.25) is 0 Å². The van der Waals surface area contributed by atoms with Crippen LogP contribution in [0.5, 0.6) is 0 Å². The van der Waals surface area contributed by atoms with Crippen LogP contribution in [0.1, 0.15) is 6.42 Å². The molecule has 7 heteroatoms. The quantitative estimate of drug-likeness (QED) is 0.694. The lowest BCUT2D eigenvalue weighted by molar-refractivity contribution is -0.195. The number of aliphatic imine (C=N–C) groups is 1. The molecule has 0 radical (unpaired) electrons. The summed E-state index contributed by atoms with van der Waals surface area (Å²) in [5, 5.41) is 10.9. The van der Waals surface area contributed by atoms with Crippen molar-refractivity contribution in [2.45, 2.75) is 18.5 Å². The summed E-state index contributed by atoms with van der Waals surface area (Å²) in [4.78, 5) is 20.1. The van der Waals surface area contributed by atoms with E-state index in [0.29, 0.717) is 18.1 Å². The van der Waals surface area contributed by atoms with Crippen molar-refractivity contribution < 1.29 is 14.7 Å². The summed E-state index contributed by atoms with van der Waals surface area (Å²) in [5.41, 5.74) is 2.96. The lowest BCUT2D eigenvalue weighted by atomic mass is 9.90. The van der Waals surface area contributed by atoms with Crippen LogP contribution in [-0.4, -0.2) is 47.2 Å². The zero-order valence-corrected chi connectivity index (χ0v) is 8.94. The summed E-state index contributed by atoms with van der Waals surface area (Å²) in [5.74, 6) is -1.00. The predicted octanol–water partition coefficient (Wildman–Crippen LogP) is -0.153. The Balaban J connectivity index is 2.20. The van der Waals surface area contributed by atoms with Gasteiger partial charge < -0.3 is 5.11 Å². The van der Waals surface area contributed by atoms with Gasteiger partial charge in [-0.25, -0.2) is 5.43 Å². The molecule has 0 bridgehead atoms. The number of aliphatic carboxylic acids is 1. The molecule has 0 amide bonds. The van der Waals surface area contributed by atoms with Gasteiger partial charge in [0.25, 0.3) is 0 Å². The first kappa shape index (κ1) is 10.8. The van der Waals surface area contributed by atoms with Crippen molar-refractivity contribution in [1.29, 1.82) is 0 Å². The third-order valence-electron chi connectivity index (χ3n) is 2.78. The third kappa shape index (κ3) is 1.85. The van der Waals surface area contributed by atoms with Crippen molar-refractivity contribution in [1.82, 2.24) is 10.6 Å². The molecule has 2 rings (SSSR count). The summed E-state index contributed by atoms with van der Waals surface area (Å²) in [6, 6.07) is -0.710. The highest BCUT2D eigenvalue weighted by atomic mass is 35.5. The first-order valence-corrected chi connectivity index (χ1v) is 5.02. The van der Waals surface area contributed by atoms with E-state index < -0.39 is 12.0 Å². The first-order valence-electron chi connectivity index (χ1n) is 4.64. The van der Waals surface area contributed by atoms with Crippen molar-refractivity contribution in [2.75, 3.05) is 13.7 Å². The number of nitrogens with zero attached hydrogens (tertiary/aromatic N) is 2. The Morgan fingerprint density at radius 3 is 3.13 bits per heavy atom. The van der Waals surface area contributed by atoms with E-state index in [4.69, 9.17) is 21.5 Å². The molecule has 2 heterocycles. The minimum absolute atomic E-state index is 0.00597. The minimum atomic E-state index is -0.914. The van der Waals surface area contributed by atoms with Crippen LogP contribution in [0, 0.1) is 5.92 Å². The number of fused-ring (bicyclic) bond motifs is 1. The van der Waals surface area contributed by atoms with E-state index in [1.807, 2.05) is 0 Å². The molecule has 0 aliphatic carbocycles. The fourth-order valence-corrected chi connectivity index (χ4v) is 2.32. The zero-order chi connectivity index (χ0) is 11.0. The molecule has 1 saturated heterocycles. The van der Waals surface area contributed by atoms with Crippen LogP contribution in [0.15, 0.2) is 4.99 Å². The second-order valence-corrected chi connectivity index (χ2v) is 4.05. The van der Waals surface area contributed by atoms with Gasteiger partial charge in [0.2, 0.25) is 0 Å². The summed E-state index contributed by atoms with van der Waals surface area (Å²) in [7, 11) is 1.43. The largest absolute Gasteiger partial charge is 0.480 e. The van der Waals surface area contributed by atoms with Crippen LogP contribution in [0.4, 0.5) is 0 Å². The van der Waals surface area contributed by atoms with Gasteiger partial charge in [-0.15, -0.1) is 5.17 Å². The predicted molar refractivity (Wildman–Crippen MR) is 53.5 cm³/mol. The van der Waals surface area contributed by atoms with E-state index in [2.05, 4.69) is 10.4 Å². The van der Waals surface area contributed by atoms with Gasteiger partial charge in [0.05, 0.1) is 13.7 Å². The fourth-order valence-electron chi connectivity index (χ4n) is 2.07. The van der Waals surface area contributed by atoms with Crippen molar-refractivity contribution in [2.24, 2.45) is 10.9 Å². The van der Waals surface area contributed by atoms with Gasteiger partial charge in [-0.1, -0.05) is 11.6 Å². The Hall–Kier alpha value is -0.690. The number of hydrogen-bond acceptors (Lipinski definition) is 5. The van der Waals surface area contributed by atoms with Gasteiger partial charge in [0, 0.05) is 18.4 Å². The number of rotatable bonds is 2. The van der Waals surface area contributed by atoms with E-state index in [0.717, 1.165) is 0 Å². The number of carboxylic acid groups (broad SMARTS) is 1. The Morgan fingerprint density at radius 1 is 1.80 bits per heavy atom. The molecule has 2 aliphatic heterocycles. The average Bonchev–Trinajstić information content (AvgIpc) is 2.55. The van der Waals surface area contributed by atoms with Crippen LogP contribution >= 0.6 is 11.6 Å². The molecular weight excluding hydrogens is 222 g/mol. The summed E-state index contributed by atoms with van der Waals surface area (Å²) < 4.78 is 0. The van der Waals surface area contributed by atoms with Gasteiger partial charge >= 0.3 is 5.97 Å². The lowest BCUT2D eigenvalue weighted by Crippen LogP contribution is -2.42. The Labute approximate surface area is 91.8 Å². The maximum absolute atomic E-state index is 11.1. The number of hydrogen-bond donors (Lipinski definition) is 2. The molecule has 0 spiro atoms. The zero-order valence-electron chi connectivity index (χ0n) is 8.18. The molecule has 15 heavy (non-hydrogen) atoms. The number of nitrogens with one attached hydrogen (secondary N) is 1. The van der Waals surface area contributed by atoms with Gasteiger partial charge in [-0.2, -0.15) is 0 Å². The molecule has 2 aliphatic rings. The van der Waals surface area contributed by atoms with Gasteiger partial charge in [-0.05, 0) is 0 Å². The van der Waals surface area contributed by atoms with Crippen LogP contribution in [0.3, 0.4) is 0 Å². The molecule has 3 atom stereocenters. The summed E-state index contributed by atoms with van der Waals surface area (Å²) >= 11 is 5.81. The third-order valence-corrected chi connectivity index (χ3v) is 3.06. The maximum Gasteiger partial charge on any atom is 0.325 e. The lowest BCUT2D eigenvalue weighted by Gasteiger charge is -2.22. The van der Waals surface area contributed by atoms with Crippen LogP contribution < -0.4 is 5.43 Å². The number of hydroxylamine groups is 1. The molecule has 2 N–H and O–H groups in total. The maximum atomic E-state index is 11.1. The molecule has 0 aromatic heterocycles. The Bertz CT molecular complexity index is 310. The summed E-state index contributed by atoms with van der Waals surface area (Å²) in [6.07, 6.45) is 0.482. The average molecular weight is 234 g/mol. The second-order valence-electron chi connectivity index (χ2n) is 3.61. The van der Waals surface area contributed by atoms with Crippen molar-refractivity contribution in [3.05, 3.63) is 0 Å². The number of carbonyl (C=O) groups is 1. The highest BCUT2D eigenvalue weighted by Gasteiger charge is 2.48. The van der Waals surface area contributed by atoms with E-state index in [9.17, 15) is 4.79 Å². The minimum Gasteiger partial charge on any atom is -0.480 e.